The number of anilines is 3. The molecule has 3 heterocycles. The zero-order chi connectivity index (χ0) is 20.1. The Bertz CT molecular complexity index is 801. The minimum absolute atomic E-state index is 0.272. The molecule has 2 saturated heterocycles. The lowest BCUT2D eigenvalue weighted by atomic mass is 10.1. The number of para-hydroxylation sites is 1. The van der Waals surface area contributed by atoms with E-state index < -0.39 is 0 Å². The van der Waals surface area contributed by atoms with Crippen LogP contribution in [0.4, 0.5) is 17.6 Å². The maximum Gasteiger partial charge on any atom is 0.232 e. The first-order valence-electron chi connectivity index (χ1n) is 10.8. The van der Waals surface area contributed by atoms with Gasteiger partial charge in [0.05, 0.1) is 0 Å². The predicted molar refractivity (Wildman–Crippen MR) is 112 cm³/mol. The summed E-state index contributed by atoms with van der Waals surface area (Å²) in [5.41, 5.74) is 8.22. The molecule has 2 aliphatic heterocycles. The quantitative estimate of drug-likeness (QED) is 0.488. The highest BCUT2D eigenvalue weighted by Gasteiger charge is 2.28. The van der Waals surface area contributed by atoms with Gasteiger partial charge in [-0.15, -0.1) is 0 Å². The van der Waals surface area contributed by atoms with Crippen molar-refractivity contribution in [1.29, 1.82) is 0 Å². The number of hydrogen-bond acceptors (Lipinski definition) is 6. The van der Waals surface area contributed by atoms with Gasteiger partial charge in [-0.1, -0.05) is 25.1 Å². The normalized spacial score (nSPS) is 24.5. The molecule has 0 radical (unpaired) electrons. The lowest BCUT2D eigenvalue weighted by Gasteiger charge is -2.30. The number of ether oxygens (including phenoxy) is 1. The average Bonchev–Trinajstić information content (AvgIpc) is 3.22. The van der Waals surface area contributed by atoms with Crippen LogP contribution in [0.2, 0.25) is 0 Å². The van der Waals surface area contributed by atoms with Crippen LogP contribution in [-0.4, -0.2) is 60.4 Å². The average molecular weight is 400 g/mol. The van der Waals surface area contributed by atoms with E-state index in [-0.39, 0.29) is 5.95 Å². The van der Waals surface area contributed by atoms with Crippen LogP contribution >= 0.6 is 0 Å². The third kappa shape index (κ3) is 5.41. The molecule has 8 nitrogen and oxygen atoms in total. The summed E-state index contributed by atoms with van der Waals surface area (Å²) >= 11 is 0. The van der Waals surface area contributed by atoms with Crippen molar-refractivity contribution in [2.24, 2.45) is 0 Å². The van der Waals surface area contributed by atoms with Crippen molar-refractivity contribution in [2.45, 2.75) is 38.8 Å². The molecular formula is C21H33N7O+2. The Hall–Kier alpha value is -2.29. The summed E-state index contributed by atoms with van der Waals surface area (Å²) in [4.78, 5) is 16.5. The highest BCUT2D eigenvalue weighted by atomic mass is 16.5. The van der Waals surface area contributed by atoms with Crippen molar-refractivity contribution in [2.75, 3.05) is 50.4 Å². The summed E-state index contributed by atoms with van der Waals surface area (Å²) in [6.45, 7) is 9.59. The summed E-state index contributed by atoms with van der Waals surface area (Å²) in [5, 5.41) is 3.32. The van der Waals surface area contributed by atoms with Gasteiger partial charge in [0.25, 0.3) is 0 Å². The van der Waals surface area contributed by atoms with E-state index in [2.05, 4.69) is 33.3 Å². The number of nitrogens with one attached hydrogen (secondary N) is 3. The number of nitrogens with two attached hydrogens (primary N) is 1. The second-order valence-electron chi connectivity index (χ2n) is 8.09. The molecule has 0 unspecified atom stereocenters. The molecule has 0 spiro atoms. The molecule has 0 amide bonds. The number of piperazine rings is 1. The Kier molecular flexibility index (Phi) is 6.53. The van der Waals surface area contributed by atoms with E-state index in [0.717, 1.165) is 50.7 Å². The van der Waals surface area contributed by atoms with Gasteiger partial charge < -0.3 is 25.6 Å². The molecule has 1 aromatic heterocycles. The Morgan fingerprint density at radius 2 is 1.90 bits per heavy atom. The van der Waals surface area contributed by atoms with Crippen LogP contribution < -0.4 is 20.9 Å². The minimum Gasteiger partial charge on any atom is -0.372 e. The number of nitrogens with zero attached hydrogens (tertiary/aromatic N) is 3. The van der Waals surface area contributed by atoms with Gasteiger partial charge in [0.15, 0.2) is 5.82 Å². The largest absolute Gasteiger partial charge is 0.372 e. The molecular weight excluding hydrogens is 366 g/mol. The van der Waals surface area contributed by atoms with Crippen LogP contribution in [0.25, 0.3) is 0 Å². The van der Waals surface area contributed by atoms with Gasteiger partial charge in [-0.2, -0.15) is 15.0 Å². The van der Waals surface area contributed by atoms with E-state index >= 15 is 0 Å². The molecule has 5 N–H and O–H groups in total. The van der Waals surface area contributed by atoms with E-state index in [0.29, 0.717) is 12.1 Å². The van der Waals surface area contributed by atoms with Crippen LogP contribution in [-0.2, 0) is 17.7 Å². The lowest BCUT2D eigenvalue weighted by Crippen LogP contribution is -3.28. The SMILES string of the molecule is CCc1ccccc1Nc1nc(N)nc(C[NH+]2CC[NH+](C[C@@H]3CCCO3)CC2)n1. The van der Waals surface area contributed by atoms with Gasteiger partial charge in [0.2, 0.25) is 11.9 Å². The summed E-state index contributed by atoms with van der Waals surface area (Å²) in [6.07, 6.45) is 3.85. The molecule has 1 aromatic carbocycles. The monoisotopic (exact) mass is 399 g/mol. The van der Waals surface area contributed by atoms with Gasteiger partial charge >= 0.3 is 0 Å². The molecule has 0 saturated carbocycles. The Balaban J connectivity index is 1.34. The topological polar surface area (TPSA) is 94.8 Å². The van der Waals surface area contributed by atoms with Gasteiger partial charge in [0, 0.05) is 12.3 Å². The van der Waals surface area contributed by atoms with Crippen LogP contribution in [0.15, 0.2) is 24.3 Å². The second kappa shape index (κ2) is 9.47. The smallest absolute Gasteiger partial charge is 0.232 e. The summed E-state index contributed by atoms with van der Waals surface area (Å²) in [6, 6.07) is 8.20. The fourth-order valence-electron chi connectivity index (χ4n) is 4.33. The Labute approximate surface area is 172 Å². The number of quaternary nitrogens is 2. The number of hydrogen-bond donors (Lipinski definition) is 4. The van der Waals surface area contributed by atoms with E-state index in [4.69, 9.17) is 10.5 Å². The molecule has 1 atom stereocenters. The molecule has 0 aliphatic carbocycles. The van der Waals surface area contributed by atoms with Crippen LogP contribution in [0.1, 0.15) is 31.2 Å². The molecule has 2 fully saturated rings. The fourth-order valence-corrected chi connectivity index (χ4v) is 4.33. The maximum absolute atomic E-state index is 5.97. The number of nitrogen functional groups attached to an aromatic ring is 1. The van der Waals surface area contributed by atoms with Crippen molar-refractivity contribution in [3.05, 3.63) is 35.7 Å². The second-order valence-corrected chi connectivity index (χ2v) is 8.09. The first kappa shape index (κ1) is 20.0. The molecule has 156 valence electrons. The van der Waals surface area contributed by atoms with Crippen molar-refractivity contribution in [3.8, 4) is 0 Å². The summed E-state index contributed by atoms with van der Waals surface area (Å²) < 4.78 is 5.79. The van der Waals surface area contributed by atoms with Gasteiger partial charge in [-0.3, -0.25) is 0 Å². The third-order valence-electron chi connectivity index (χ3n) is 5.96. The number of rotatable bonds is 7. The van der Waals surface area contributed by atoms with E-state index in [9.17, 15) is 0 Å². The number of aromatic nitrogens is 3. The van der Waals surface area contributed by atoms with Crippen molar-refractivity contribution >= 4 is 17.6 Å². The summed E-state index contributed by atoms with van der Waals surface area (Å²) in [5.74, 6) is 1.55. The molecule has 0 bridgehead atoms. The van der Waals surface area contributed by atoms with E-state index in [1.54, 1.807) is 4.90 Å². The predicted octanol–water partition coefficient (Wildman–Crippen LogP) is -0.778. The van der Waals surface area contributed by atoms with Crippen molar-refractivity contribution in [3.63, 3.8) is 0 Å². The molecule has 29 heavy (non-hydrogen) atoms. The van der Waals surface area contributed by atoms with Crippen molar-refractivity contribution < 1.29 is 14.5 Å². The molecule has 2 aromatic rings. The zero-order valence-electron chi connectivity index (χ0n) is 17.3. The summed E-state index contributed by atoms with van der Waals surface area (Å²) in [7, 11) is 0. The fraction of sp³-hybridized carbons (Fsp3) is 0.571. The first-order chi connectivity index (χ1) is 14.2. The van der Waals surface area contributed by atoms with Crippen LogP contribution in [0, 0.1) is 0 Å². The molecule has 4 rings (SSSR count). The lowest BCUT2D eigenvalue weighted by molar-refractivity contribution is -1.02. The Morgan fingerprint density at radius 3 is 2.66 bits per heavy atom. The van der Waals surface area contributed by atoms with Gasteiger partial charge in [-0.05, 0) is 30.9 Å². The first-order valence-corrected chi connectivity index (χ1v) is 10.8. The highest BCUT2D eigenvalue weighted by molar-refractivity contribution is 5.58. The van der Waals surface area contributed by atoms with Crippen LogP contribution in [0.3, 0.4) is 0 Å². The maximum atomic E-state index is 5.97. The van der Waals surface area contributed by atoms with Crippen molar-refractivity contribution in [1.82, 2.24) is 15.0 Å². The minimum atomic E-state index is 0.272. The van der Waals surface area contributed by atoms with E-state index in [1.807, 2.05) is 18.2 Å². The number of benzene rings is 1. The van der Waals surface area contributed by atoms with Gasteiger partial charge in [-0.25, -0.2) is 0 Å². The zero-order valence-corrected chi connectivity index (χ0v) is 17.3. The standard InChI is InChI=1S/C21H31N7O/c1-2-16-6-3-4-8-18(16)23-21-25-19(24-20(22)26-21)15-28-11-9-27(10-12-28)14-17-7-5-13-29-17/h3-4,6,8,17H,2,5,7,9-15H2,1H3,(H3,22,23,24,25,26)/p+2/t17-/m0/s1. The van der Waals surface area contributed by atoms with Crippen LogP contribution in [0.5, 0.6) is 0 Å². The Morgan fingerprint density at radius 1 is 1.10 bits per heavy atom. The highest BCUT2D eigenvalue weighted by Crippen LogP contribution is 2.19. The van der Waals surface area contributed by atoms with Gasteiger partial charge in [0.1, 0.15) is 45.4 Å². The third-order valence-corrected chi connectivity index (χ3v) is 5.96. The molecule has 2 aliphatic rings. The van der Waals surface area contributed by atoms with E-state index in [1.165, 1.54) is 36.4 Å². The number of aryl methyl sites for hydroxylation is 1. The molecule has 8 heteroatoms.